The van der Waals surface area contributed by atoms with Crippen LogP contribution in [0, 0.1) is 13.8 Å². The number of ether oxygens (including phenoxy) is 1. The van der Waals surface area contributed by atoms with Crippen LogP contribution >= 0.6 is 15.9 Å². The summed E-state index contributed by atoms with van der Waals surface area (Å²) in [6.07, 6.45) is 0.415. The molecule has 0 radical (unpaired) electrons. The van der Waals surface area contributed by atoms with Crippen LogP contribution in [-0.2, 0) is 22.6 Å². The third-order valence-corrected chi connectivity index (χ3v) is 6.10. The number of nitrogens with zero attached hydrogens (tertiary/aromatic N) is 1. The summed E-state index contributed by atoms with van der Waals surface area (Å²) in [7, 11) is 0. The van der Waals surface area contributed by atoms with E-state index in [2.05, 4.69) is 21.2 Å². The molecule has 3 aromatic rings. The lowest BCUT2D eigenvalue weighted by Crippen LogP contribution is -2.51. The Kier molecular flexibility index (Phi) is 9.28. The molecule has 34 heavy (non-hydrogen) atoms. The summed E-state index contributed by atoms with van der Waals surface area (Å²) in [4.78, 5) is 28.3. The number of halogens is 1. The van der Waals surface area contributed by atoms with Gasteiger partial charge in [0.05, 0.1) is 0 Å². The molecule has 178 valence electrons. The molecule has 0 aliphatic carbocycles. The fourth-order valence-electron chi connectivity index (χ4n) is 3.82. The van der Waals surface area contributed by atoms with E-state index in [0.29, 0.717) is 25.3 Å². The summed E-state index contributed by atoms with van der Waals surface area (Å²) in [5.41, 5.74) is 4.03. The third-order valence-electron chi connectivity index (χ3n) is 5.57. The summed E-state index contributed by atoms with van der Waals surface area (Å²) in [6.45, 7) is 6.50. The number of nitrogens with one attached hydrogen (secondary N) is 1. The van der Waals surface area contributed by atoms with E-state index in [4.69, 9.17) is 4.74 Å². The Hall–Kier alpha value is -3.12. The first kappa shape index (κ1) is 25.5. The average Bonchev–Trinajstić information content (AvgIpc) is 2.82. The Labute approximate surface area is 210 Å². The monoisotopic (exact) mass is 522 g/mol. The highest BCUT2D eigenvalue weighted by Crippen LogP contribution is 2.20. The molecule has 3 rings (SSSR count). The summed E-state index contributed by atoms with van der Waals surface area (Å²) >= 11 is 3.46. The van der Waals surface area contributed by atoms with E-state index in [0.717, 1.165) is 26.7 Å². The second-order valence-electron chi connectivity index (χ2n) is 8.31. The van der Waals surface area contributed by atoms with Crippen LogP contribution in [0.25, 0.3) is 0 Å². The predicted octanol–water partition coefficient (Wildman–Crippen LogP) is 5.22. The summed E-state index contributed by atoms with van der Waals surface area (Å²) in [5, 5.41) is 2.90. The fourth-order valence-corrected chi connectivity index (χ4v) is 4.08. The number of likely N-dealkylation sites (N-methyl/N-ethyl adjacent to an activating group) is 1. The highest BCUT2D eigenvalue weighted by Gasteiger charge is 2.30. The molecule has 0 heterocycles. The standard InChI is InChI=1S/C28H31BrN2O3/c1-4-30-28(33)25(17-22-8-6-5-7-9-22)31(18-23-11-13-24(29)14-12-23)27(32)19-34-26-15-10-20(2)16-21(26)3/h5-16,25H,4,17-19H2,1-3H3,(H,30,33). The highest BCUT2D eigenvalue weighted by atomic mass is 79.9. The number of aryl methyl sites for hydroxylation is 2. The molecule has 2 amide bonds. The normalized spacial score (nSPS) is 11.5. The zero-order chi connectivity index (χ0) is 24.5. The summed E-state index contributed by atoms with van der Waals surface area (Å²) in [5.74, 6) is 0.249. The maximum Gasteiger partial charge on any atom is 0.261 e. The van der Waals surface area contributed by atoms with Crippen molar-refractivity contribution < 1.29 is 14.3 Å². The topological polar surface area (TPSA) is 58.6 Å². The minimum atomic E-state index is -0.666. The Balaban J connectivity index is 1.89. The van der Waals surface area contributed by atoms with E-state index < -0.39 is 6.04 Å². The molecule has 0 fully saturated rings. The fraction of sp³-hybridized carbons (Fsp3) is 0.286. The predicted molar refractivity (Wildman–Crippen MR) is 139 cm³/mol. The van der Waals surface area contributed by atoms with Crippen LogP contribution in [0.15, 0.2) is 77.3 Å². The third kappa shape index (κ3) is 7.19. The number of benzene rings is 3. The Morgan fingerprint density at radius 3 is 2.32 bits per heavy atom. The summed E-state index contributed by atoms with van der Waals surface area (Å²) in [6, 6.07) is 22.7. The lowest BCUT2D eigenvalue weighted by Gasteiger charge is -2.31. The van der Waals surface area contributed by atoms with Gasteiger partial charge in [-0.25, -0.2) is 0 Å². The maximum absolute atomic E-state index is 13.5. The quantitative estimate of drug-likeness (QED) is 0.397. The van der Waals surface area contributed by atoms with Crippen molar-refractivity contribution >= 4 is 27.7 Å². The van der Waals surface area contributed by atoms with Gasteiger partial charge in [0.2, 0.25) is 5.91 Å². The number of carbonyl (C=O) groups is 2. The molecule has 0 aromatic heterocycles. The smallest absolute Gasteiger partial charge is 0.261 e. The molecule has 0 aliphatic heterocycles. The number of hydrogen-bond acceptors (Lipinski definition) is 3. The number of hydrogen-bond donors (Lipinski definition) is 1. The molecule has 0 bridgehead atoms. The van der Waals surface area contributed by atoms with E-state index in [1.165, 1.54) is 0 Å². The van der Waals surface area contributed by atoms with Crippen LogP contribution in [0.2, 0.25) is 0 Å². The van der Waals surface area contributed by atoms with Crippen molar-refractivity contribution in [2.75, 3.05) is 13.2 Å². The lowest BCUT2D eigenvalue weighted by molar-refractivity contribution is -0.142. The Bertz CT molecular complexity index is 1100. The molecule has 0 spiro atoms. The first-order valence-corrected chi connectivity index (χ1v) is 12.2. The van der Waals surface area contributed by atoms with Gasteiger partial charge in [-0.2, -0.15) is 0 Å². The zero-order valence-electron chi connectivity index (χ0n) is 19.9. The molecule has 0 saturated carbocycles. The molecule has 1 unspecified atom stereocenters. The second-order valence-corrected chi connectivity index (χ2v) is 9.22. The number of carbonyl (C=O) groups excluding carboxylic acids is 2. The van der Waals surface area contributed by atoms with Gasteiger partial charge in [0.25, 0.3) is 5.91 Å². The second kappa shape index (κ2) is 12.4. The minimum Gasteiger partial charge on any atom is -0.483 e. The molecule has 1 atom stereocenters. The first-order chi connectivity index (χ1) is 16.4. The van der Waals surface area contributed by atoms with Gasteiger partial charge >= 0.3 is 0 Å². The SMILES string of the molecule is CCNC(=O)C(Cc1ccccc1)N(Cc1ccc(Br)cc1)C(=O)COc1ccc(C)cc1C. The summed E-state index contributed by atoms with van der Waals surface area (Å²) < 4.78 is 6.86. The average molecular weight is 523 g/mol. The van der Waals surface area contributed by atoms with E-state index in [9.17, 15) is 9.59 Å². The molecular formula is C28H31BrN2O3. The largest absolute Gasteiger partial charge is 0.483 e. The molecule has 3 aromatic carbocycles. The Morgan fingerprint density at radius 2 is 1.68 bits per heavy atom. The minimum absolute atomic E-state index is 0.148. The first-order valence-electron chi connectivity index (χ1n) is 11.4. The van der Waals surface area contributed by atoms with Gasteiger partial charge in [0.15, 0.2) is 6.61 Å². The number of rotatable bonds is 10. The molecule has 1 N–H and O–H groups in total. The molecule has 0 saturated heterocycles. The van der Waals surface area contributed by atoms with E-state index in [-0.39, 0.29) is 18.4 Å². The van der Waals surface area contributed by atoms with Crippen LogP contribution in [0.4, 0.5) is 0 Å². The van der Waals surface area contributed by atoms with Gasteiger partial charge in [-0.1, -0.05) is 76.1 Å². The van der Waals surface area contributed by atoms with E-state index in [1.807, 2.05) is 93.6 Å². The molecule has 6 heteroatoms. The van der Waals surface area contributed by atoms with Crippen molar-refractivity contribution in [2.24, 2.45) is 0 Å². The van der Waals surface area contributed by atoms with Crippen LogP contribution in [0.5, 0.6) is 5.75 Å². The van der Waals surface area contributed by atoms with Crippen LogP contribution in [-0.4, -0.2) is 35.9 Å². The van der Waals surface area contributed by atoms with Gasteiger partial charge in [0.1, 0.15) is 11.8 Å². The zero-order valence-corrected chi connectivity index (χ0v) is 21.5. The van der Waals surface area contributed by atoms with Crippen molar-refractivity contribution in [1.29, 1.82) is 0 Å². The Morgan fingerprint density at radius 1 is 0.971 bits per heavy atom. The van der Waals surface area contributed by atoms with Crippen molar-refractivity contribution in [1.82, 2.24) is 10.2 Å². The van der Waals surface area contributed by atoms with Crippen LogP contribution in [0.1, 0.15) is 29.2 Å². The van der Waals surface area contributed by atoms with E-state index >= 15 is 0 Å². The molecule has 5 nitrogen and oxygen atoms in total. The van der Waals surface area contributed by atoms with Crippen LogP contribution in [0.3, 0.4) is 0 Å². The van der Waals surface area contributed by atoms with Crippen molar-refractivity contribution in [3.63, 3.8) is 0 Å². The van der Waals surface area contributed by atoms with E-state index in [1.54, 1.807) is 4.90 Å². The maximum atomic E-state index is 13.5. The van der Waals surface area contributed by atoms with Gasteiger partial charge in [-0.3, -0.25) is 9.59 Å². The van der Waals surface area contributed by atoms with Gasteiger partial charge in [0, 0.05) is 24.0 Å². The lowest BCUT2D eigenvalue weighted by atomic mass is 10.0. The van der Waals surface area contributed by atoms with Crippen LogP contribution < -0.4 is 10.1 Å². The van der Waals surface area contributed by atoms with Gasteiger partial charge < -0.3 is 15.0 Å². The van der Waals surface area contributed by atoms with Crippen molar-refractivity contribution in [3.8, 4) is 5.75 Å². The molecule has 0 aliphatic rings. The van der Waals surface area contributed by atoms with Gasteiger partial charge in [-0.15, -0.1) is 0 Å². The van der Waals surface area contributed by atoms with Crippen molar-refractivity contribution in [3.05, 3.63) is 99.5 Å². The number of amides is 2. The van der Waals surface area contributed by atoms with Crippen molar-refractivity contribution in [2.45, 2.75) is 39.8 Å². The van der Waals surface area contributed by atoms with Gasteiger partial charge in [-0.05, 0) is 55.7 Å². The highest BCUT2D eigenvalue weighted by molar-refractivity contribution is 9.10. The molecular weight excluding hydrogens is 492 g/mol.